The Morgan fingerprint density at radius 1 is 0.512 bits per heavy atom. The largest absolute Gasteiger partial charge is 0.426 e. The molecule has 29 nitrogen and oxygen atoms in total. The van der Waals surface area contributed by atoms with Gasteiger partial charge in [0.05, 0.1) is 52.7 Å². The van der Waals surface area contributed by atoms with Crippen LogP contribution in [-0.4, -0.2) is 65.3 Å². The summed E-state index contributed by atoms with van der Waals surface area (Å²) in [6.45, 7) is 4.32. The van der Waals surface area contributed by atoms with Gasteiger partial charge in [0.15, 0.2) is 11.6 Å². The second-order valence-electron chi connectivity index (χ2n) is 16.8. The highest BCUT2D eigenvalue weighted by atomic mass is 19.1. The molecule has 30 heteroatoms. The van der Waals surface area contributed by atoms with Crippen molar-refractivity contribution >= 4 is 84.8 Å². The predicted molar refractivity (Wildman–Crippen MR) is 306 cm³/mol. The van der Waals surface area contributed by atoms with Gasteiger partial charge in [0.1, 0.15) is 16.7 Å². The number of benzene rings is 8. The van der Waals surface area contributed by atoms with Gasteiger partial charge in [-0.2, -0.15) is 13.9 Å². The molecule has 0 fully saturated rings. The number of imidazole rings is 2. The number of hydrogen-bond donors (Lipinski definition) is 6. The first-order chi connectivity index (χ1) is 40.1. The van der Waals surface area contributed by atoms with Crippen molar-refractivity contribution in [3.05, 3.63) is 254 Å². The van der Waals surface area contributed by atoms with Crippen LogP contribution in [0.2, 0.25) is 0 Å². The number of nitrogens with zero attached hydrogens (tertiary/aromatic N) is 10. The number of anilines is 4. The molecule has 10 aromatic rings. The molecular weight excluding hydrogens is 1100 g/mol. The lowest BCUT2D eigenvalue weighted by Gasteiger charge is -2.07. The SMILES string of the molecule is CC.Nc1cccc(-c2nc3ccc([N+](=O)[O-])cc3n2O)c1.Nc1cccc(CNc2ccc([N+](=O)[O-])cc2[N+](=O)[O-])c1.O=C(Nc1cccc(-c2nc3ccc([N+](=O)[O-])cc3n2O)c1)c1ccccc1.O=[N+]([O-])c1ccc(F)c([N+](=O)[O-])c1. The molecule has 0 bridgehead atoms. The number of nitrogens with one attached hydrogen (secondary N) is 2. The molecule has 0 aliphatic carbocycles. The number of hydrogen-bond acceptors (Lipinski definition) is 20. The van der Waals surface area contributed by atoms with Crippen LogP contribution in [0.1, 0.15) is 29.8 Å². The number of amides is 1. The summed E-state index contributed by atoms with van der Waals surface area (Å²) < 4.78 is 14.3. The Bertz CT molecular complexity index is 4120. The summed E-state index contributed by atoms with van der Waals surface area (Å²) in [5.74, 6) is -0.847. The third-order valence-corrected chi connectivity index (χ3v) is 11.4. The van der Waals surface area contributed by atoms with Crippen molar-refractivity contribution in [1.29, 1.82) is 0 Å². The number of non-ortho nitro benzene ring substituents is 4. The van der Waals surface area contributed by atoms with Gasteiger partial charge in [-0.15, -0.1) is 0 Å². The van der Waals surface area contributed by atoms with E-state index in [1.807, 2.05) is 26.0 Å². The summed E-state index contributed by atoms with van der Waals surface area (Å²) in [4.78, 5) is 80.3. The molecule has 84 heavy (non-hydrogen) atoms. The van der Waals surface area contributed by atoms with Crippen molar-refractivity contribution < 1.29 is 49.1 Å². The Kier molecular flexibility index (Phi) is 19.8. The van der Waals surface area contributed by atoms with Gasteiger partial charge in [-0.1, -0.05) is 68.4 Å². The van der Waals surface area contributed by atoms with Gasteiger partial charge in [-0.05, 0) is 78.4 Å². The van der Waals surface area contributed by atoms with E-state index in [4.69, 9.17) is 11.5 Å². The first-order valence-corrected chi connectivity index (χ1v) is 24.2. The van der Waals surface area contributed by atoms with E-state index < -0.39 is 46.7 Å². The Labute approximate surface area is 470 Å². The Morgan fingerprint density at radius 3 is 1.46 bits per heavy atom. The van der Waals surface area contributed by atoms with Crippen LogP contribution in [0.15, 0.2) is 176 Å². The minimum Gasteiger partial charge on any atom is -0.426 e. The molecule has 0 saturated carbocycles. The van der Waals surface area contributed by atoms with Crippen molar-refractivity contribution in [2.24, 2.45) is 0 Å². The van der Waals surface area contributed by atoms with Gasteiger partial charge < -0.3 is 32.5 Å². The van der Waals surface area contributed by atoms with E-state index in [-0.39, 0.29) is 57.0 Å². The Morgan fingerprint density at radius 2 is 0.964 bits per heavy atom. The topological polar surface area (TPSA) is 428 Å². The zero-order valence-electron chi connectivity index (χ0n) is 43.7. The van der Waals surface area contributed by atoms with Crippen LogP contribution in [0.3, 0.4) is 0 Å². The van der Waals surface area contributed by atoms with Crippen LogP contribution >= 0.6 is 0 Å². The first kappa shape index (κ1) is 60.7. The number of aromatic nitrogens is 4. The van der Waals surface area contributed by atoms with Crippen LogP contribution in [-0.2, 0) is 6.54 Å². The molecule has 2 heterocycles. The van der Waals surface area contributed by atoms with Gasteiger partial charge in [0, 0.05) is 76.7 Å². The summed E-state index contributed by atoms with van der Waals surface area (Å²) in [6.07, 6.45) is 0. The van der Waals surface area contributed by atoms with Crippen LogP contribution in [0.25, 0.3) is 44.8 Å². The number of halogens is 1. The third-order valence-electron chi connectivity index (χ3n) is 11.4. The first-order valence-electron chi connectivity index (χ1n) is 24.2. The molecule has 8 aromatic carbocycles. The lowest BCUT2D eigenvalue weighted by Crippen LogP contribution is -2.11. The highest BCUT2D eigenvalue weighted by Gasteiger charge is 2.22. The molecule has 0 aliphatic heterocycles. The summed E-state index contributed by atoms with van der Waals surface area (Å²) >= 11 is 0. The molecule has 2 aromatic heterocycles. The van der Waals surface area contributed by atoms with Gasteiger partial charge in [-0.3, -0.25) is 65.5 Å². The fourth-order valence-electron chi connectivity index (χ4n) is 7.50. The molecule has 0 atom stereocenters. The minimum atomic E-state index is -1.09. The number of carbonyl (C=O) groups is 1. The summed E-state index contributed by atoms with van der Waals surface area (Å²) in [6, 6.07) is 43.4. The smallest absolute Gasteiger partial charge is 0.311 e. The lowest BCUT2D eigenvalue weighted by atomic mass is 10.1. The zero-order chi connectivity index (χ0) is 61.4. The fraction of sp³-hybridized carbons (Fsp3) is 0.0556. The number of nitro benzene ring substituents is 6. The quantitative estimate of drug-likeness (QED) is 0.0270. The minimum absolute atomic E-state index is 0.105. The van der Waals surface area contributed by atoms with E-state index in [1.54, 1.807) is 91.0 Å². The standard InChI is InChI=1S/C20H14N4O4.C13H12N4O4.C13H10N4O3.C6H3FN2O4.C2H6/c25-20(13-5-2-1-3-6-13)21-15-8-4-7-14(11-15)19-22-17-10-9-16(24(27)28)12-18(17)23(19)26;14-10-3-1-2-9(6-10)8-15-12-5-4-11(16(18)19)7-13(12)17(20)21;14-9-3-1-2-8(6-9)13-15-11-5-4-10(17(19)20)7-12(11)16(13)18;7-5-2-1-4(8(10)11)3-6(5)9(12)13;1-2/h1-12,26H,(H,21,25);1-7,15H,8,14H2;1-7,18H,14H2;1-3H;1-2H3. The van der Waals surface area contributed by atoms with Crippen LogP contribution < -0.4 is 22.1 Å². The van der Waals surface area contributed by atoms with Gasteiger partial charge in [0.25, 0.3) is 34.3 Å². The average Bonchev–Trinajstić information content (AvgIpc) is 2.74. The van der Waals surface area contributed by atoms with Gasteiger partial charge >= 0.3 is 5.69 Å². The molecule has 10 rings (SSSR count). The lowest BCUT2D eigenvalue weighted by molar-refractivity contribution is -0.395. The number of carbonyl (C=O) groups excluding carboxylic acids is 1. The molecule has 428 valence electrons. The van der Waals surface area contributed by atoms with Crippen molar-refractivity contribution in [2.45, 2.75) is 20.4 Å². The molecule has 8 N–H and O–H groups in total. The van der Waals surface area contributed by atoms with Gasteiger partial charge in [0.2, 0.25) is 5.82 Å². The van der Waals surface area contributed by atoms with E-state index in [0.29, 0.717) is 63.5 Å². The zero-order valence-corrected chi connectivity index (χ0v) is 43.7. The van der Waals surface area contributed by atoms with Crippen molar-refractivity contribution in [3.8, 4) is 22.8 Å². The number of rotatable bonds is 13. The fourth-order valence-corrected chi connectivity index (χ4v) is 7.50. The van der Waals surface area contributed by atoms with Crippen molar-refractivity contribution in [3.63, 3.8) is 0 Å². The van der Waals surface area contributed by atoms with Crippen LogP contribution in [0.5, 0.6) is 0 Å². The monoisotopic (exact) mass is 1150 g/mol. The van der Waals surface area contributed by atoms with E-state index in [2.05, 4.69) is 20.6 Å². The number of nitrogen functional groups attached to an aromatic ring is 2. The maximum atomic E-state index is 12.6. The molecule has 0 unspecified atom stereocenters. The van der Waals surface area contributed by atoms with E-state index in [9.17, 15) is 80.3 Å². The summed E-state index contributed by atoms with van der Waals surface area (Å²) in [5, 5.41) is 89.9. The summed E-state index contributed by atoms with van der Waals surface area (Å²) in [7, 11) is 0. The molecule has 0 spiro atoms. The normalized spacial score (nSPS) is 10.2. The Balaban J connectivity index is 0.000000183. The molecule has 1 amide bonds. The molecule has 0 aliphatic rings. The predicted octanol–water partition coefficient (Wildman–Crippen LogP) is 11.9. The highest BCUT2D eigenvalue weighted by molar-refractivity contribution is 6.04. The van der Waals surface area contributed by atoms with Crippen molar-refractivity contribution in [1.82, 2.24) is 19.4 Å². The molecular formula is C54H45FN14O15. The maximum Gasteiger partial charge on any atom is 0.311 e. The Hall–Kier alpha value is -12.5. The van der Waals surface area contributed by atoms with Crippen molar-refractivity contribution in [2.75, 3.05) is 22.1 Å². The second-order valence-corrected chi connectivity index (χ2v) is 16.8. The molecule has 0 saturated heterocycles. The number of nitro groups is 6. The van der Waals surface area contributed by atoms with E-state index >= 15 is 0 Å². The third kappa shape index (κ3) is 15.2. The highest BCUT2D eigenvalue weighted by Crippen LogP contribution is 2.32. The van der Waals surface area contributed by atoms with E-state index in [1.165, 1.54) is 48.5 Å². The van der Waals surface area contributed by atoms with Gasteiger partial charge in [-0.25, -0.2) is 9.97 Å². The average molecular weight is 1150 g/mol. The summed E-state index contributed by atoms with van der Waals surface area (Å²) in [5.41, 5.74) is 14.9. The van der Waals surface area contributed by atoms with Crippen LogP contribution in [0.4, 0.5) is 61.3 Å². The van der Waals surface area contributed by atoms with E-state index in [0.717, 1.165) is 27.2 Å². The number of nitrogens with two attached hydrogens (primary N) is 2. The van der Waals surface area contributed by atoms with Crippen LogP contribution in [0, 0.1) is 66.5 Å². The maximum absolute atomic E-state index is 12.6. The molecule has 0 radical (unpaired) electrons. The number of fused-ring (bicyclic) bond motifs is 2. The second kappa shape index (κ2) is 27.4.